The molecule has 0 aliphatic rings. The number of nitrogens with one attached hydrogen (secondary N) is 2. The summed E-state index contributed by atoms with van der Waals surface area (Å²) in [5.74, 6) is 0.972. The molecule has 6 nitrogen and oxygen atoms in total. The van der Waals surface area contributed by atoms with Crippen LogP contribution >= 0.6 is 23.2 Å². The smallest absolute Gasteiger partial charge is 0.157 e. The summed E-state index contributed by atoms with van der Waals surface area (Å²) in [5, 5.41) is 9.48. The quantitative estimate of drug-likeness (QED) is 0.273. The Kier molecular flexibility index (Phi) is 5.37. The third-order valence-corrected chi connectivity index (χ3v) is 5.38. The van der Waals surface area contributed by atoms with Crippen LogP contribution in [0.1, 0.15) is 35.5 Å². The first-order valence-corrected chi connectivity index (χ1v) is 10.00. The second kappa shape index (κ2) is 7.97. The maximum Gasteiger partial charge on any atom is 0.157 e. The zero-order chi connectivity index (χ0) is 21.4. The number of aromatic nitrogens is 3. The van der Waals surface area contributed by atoms with Crippen molar-refractivity contribution in [3.63, 3.8) is 0 Å². The molecule has 0 saturated heterocycles. The van der Waals surface area contributed by atoms with Gasteiger partial charge in [-0.25, -0.2) is 4.98 Å². The summed E-state index contributed by atoms with van der Waals surface area (Å²) in [5.41, 5.74) is 10.7. The molecule has 30 heavy (non-hydrogen) atoms. The minimum atomic E-state index is -0.423. The van der Waals surface area contributed by atoms with Crippen LogP contribution in [-0.2, 0) is 0 Å². The highest BCUT2D eigenvalue weighted by Gasteiger charge is 2.18. The van der Waals surface area contributed by atoms with Gasteiger partial charge in [0.2, 0.25) is 0 Å². The number of pyridine rings is 1. The summed E-state index contributed by atoms with van der Waals surface area (Å²) >= 11 is 12.5. The summed E-state index contributed by atoms with van der Waals surface area (Å²) in [6.45, 7) is 3.85. The lowest BCUT2D eigenvalue weighted by Crippen LogP contribution is -2.09. The van der Waals surface area contributed by atoms with Crippen LogP contribution in [0.2, 0.25) is 10.0 Å². The number of nitrogens with zero attached hydrogens (tertiary/aromatic N) is 2. The molecule has 0 spiro atoms. The number of rotatable bonds is 5. The number of nitrogens with two attached hydrogens (primary N) is 1. The van der Waals surface area contributed by atoms with Crippen LogP contribution in [0.4, 0.5) is 5.69 Å². The average molecular weight is 440 g/mol. The highest BCUT2D eigenvalue weighted by molar-refractivity contribution is 6.35. The number of benzene rings is 2. The first kappa shape index (κ1) is 20.2. The van der Waals surface area contributed by atoms with Gasteiger partial charge in [-0.1, -0.05) is 29.3 Å². The molecule has 1 atom stereocenters. The Morgan fingerprint density at radius 2 is 1.87 bits per heavy atom. The van der Waals surface area contributed by atoms with Gasteiger partial charge >= 0.3 is 0 Å². The van der Waals surface area contributed by atoms with Crippen LogP contribution in [-0.4, -0.2) is 20.7 Å². The number of anilines is 1. The predicted octanol–water partition coefficient (Wildman–Crippen LogP) is 5.71. The number of aromatic amines is 1. The first-order chi connectivity index (χ1) is 14.3. The van der Waals surface area contributed by atoms with Crippen LogP contribution < -0.4 is 10.5 Å². The number of imidazole rings is 1. The molecule has 4 aromatic rings. The Labute approximate surface area is 183 Å². The number of aryl methyl sites for hydroxylation is 1. The van der Waals surface area contributed by atoms with E-state index < -0.39 is 6.10 Å². The van der Waals surface area contributed by atoms with E-state index in [1.54, 1.807) is 18.2 Å². The zero-order valence-electron chi connectivity index (χ0n) is 16.3. The van der Waals surface area contributed by atoms with E-state index in [9.17, 15) is 0 Å². The average Bonchev–Trinajstić information content (AvgIpc) is 3.12. The van der Waals surface area contributed by atoms with Gasteiger partial charge in [0.25, 0.3) is 0 Å². The van der Waals surface area contributed by atoms with Gasteiger partial charge in [0, 0.05) is 29.2 Å². The van der Waals surface area contributed by atoms with Gasteiger partial charge in [-0.3, -0.25) is 10.4 Å². The standard InChI is InChI=1S/C22H19Cl2N5O/c1-11-3-6-18-19(7-11)29-22(28-18)21(26)14-8-13(4-5-17(14)25)30-12(2)20-15(23)9-27-10-16(20)24/h3-10,12,26H,25H2,1-2H3,(H,28,29). The molecule has 0 radical (unpaired) electrons. The maximum atomic E-state index is 8.63. The number of fused-ring (bicyclic) bond motifs is 1. The Balaban J connectivity index is 1.65. The fourth-order valence-corrected chi connectivity index (χ4v) is 3.94. The van der Waals surface area contributed by atoms with Crippen molar-refractivity contribution in [1.82, 2.24) is 15.0 Å². The molecule has 0 saturated carbocycles. The Bertz CT molecular complexity index is 1250. The lowest BCUT2D eigenvalue weighted by atomic mass is 10.1. The molecule has 0 fully saturated rings. The van der Waals surface area contributed by atoms with Crippen LogP contribution in [0, 0.1) is 12.3 Å². The number of hydrogen-bond acceptors (Lipinski definition) is 5. The fraction of sp³-hybridized carbons (Fsp3) is 0.136. The second-order valence-corrected chi connectivity index (χ2v) is 7.82. The van der Waals surface area contributed by atoms with Gasteiger partial charge < -0.3 is 15.5 Å². The summed E-state index contributed by atoms with van der Waals surface area (Å²) in [4.78, 5) is 11.7. The van der Waals surface area contributed by atoms with E-state index in [0.717, 1.165) is 16.6 Å². The Morgan fingerprint density at radius 3 is 2.60 bits per heavy atom. The van der Waals surface area contributed by atoms with Gasteiger partial charge in [-0.15, -0.1) is 0 Å². The minimum Gasteiger partial charge on any atom is -0.486 e. The Hall–Kier alpha value is -3.09. The molecular formula is C22H19Cl2N5O. The highest BCUT2D eigenvalue weighted by Crippen LogP contribution is 2.33. The number of hydrogen-bond donors (Lipinski definition) is 3. The molecule has 0 aliphatic heterocycles. The number of ether oxygens (including phenoxy) is 1. The van der Waals surface area contributed by atoms with E-state index in [-0.39, 0.29) is 5.71 Å². The third-order valence-electron chi connectivity index (χ3n) is 4.78. The van der Waals surface area contributed by atoms with Crippen molar-refractivity contribution < 1.29 is 4.74 Å². The van der Waals surface area contributed by atoms with Crippen molar-refractivity contribution in [2.75, 3.05) is 5.73 Å². The van der Waals surface area contributed by atoms with E-state index in [0.29, 0.717) is 38.4 Å². The normalized spacial score (nSPS) is 12.1. The monoisotopic (exact) mass is 439 g/mol. The molecule has 4 rings (SSSR count). The maximum absolute atomic E-state index is 8.63. The topological polar surface area (TPSA) is 101 Å². The van der Waals surface area contributed by atoms with Gasteiger partial charge in [0.15, 0.2) is 5.82 Å². The third kappa shape index (κ3) is 3.84. The molecule has 1 unspecified atom stereocenters. The van der Waals surface area contributed by atoms with E-state index in [2.05, 4.69) is 15.0 Å². The van der Waals surface area contributed by atoms with E-state index >= 15 is 0 Å². The summed E-state index contributed by atoms with van der Waals surface area (Å²) in [7, 11) is 0. The van der Waals surface area contributed by atoms with Crippen molar-refractivity contribution in [2.45, 2.75) is 20.0 Å². The lowest BCUT2D eigenvalue weighted by Gasteiger charge is -2.18. The van der Waals surface area contributed by atoms with Crippen LogP contribution in [0.3, 0.4) is 0 Å². The molecule has 0 amide bonds. The highest BCUT2D eigenvalue weighted by atomic mass is 35.5. The molecule has 152 valence electrons. The molecule has 2 aromatic heterocycles. The molecule has 4 N–H and O–H groups in total. The predicted molar refractivity (Wildman–Crippen MR) is 121 cm³/mol. The Morgan fingerprint density at radius 1 is 1.13 bits per heavy atom. The van der Waals surface area contributed by atoms with Gasteiger partial charge in [0.1, 0.15) is 17.6 Å². The first-order valence-electron chi connectivity index (χ1n) is 9.24. The van der Waals surface area contributed by atoms with Crippen LogP contribution in [0.5, 0.6) is 5.75 Å². The summed E-state index contributed by atoms with van der Waals surface area (Å²) in [6, 6.07) is 11.1. The number of halogens is 2. The summed E-state index contributed by atoms with van der Waals surface area (Å²) < 4.78 is 6.04. The van der Waals surface area contributed by atoms with Crippen molar-refractivity contribution in [3.05, 3.63) is 81.4 Å². The van der Waals surface area contributed by atoms with Gasteiger partial charge in [0.05, 0.1) is 21.1 Å². The van der Waals surface area contributed by atoms with Crippen LogP contribution in [0.15, 0.2) is 48.8 Å². The zero-order valence-corrected chi connectivity index (χ0v) is 17.8. The van der Waals surface area contributed by atoms with E-state index in [1.165, 1.54) is 12.4 Å². The van der Waals surface area contributed by atoms with Gasteiger partial charge in [-0.2, -0.15) is 0 Å². The van der Waals surface area contributed by atoms with Crippen molar-refractivity contribution in [3.8, 4) is 5.75 Å². The molecule has 2 heterocycles. The molecule has 8 heteroatoms. The summed E-state index contributed by atoms with van der Waals surface area (Å²) in [6.07, 6.45) is 2.62. The van der Waals surface area contributed by atoms with Crippen molar-refractivity contribution in [1.29, 1.82) is 5.41 Å². The number of H-pyrrole nitrogens is 1. The molecule has 0 bridgehead atoms. The molecule has 2 aromatic carbocycles. The van der Waals surface area contributed by atoms with Gasteiger partial charge in [-0.05, 0) is 49.7 Å². The fourth-order valence-electron chi connectivity index (χ4n) is 3.27. The second-order valence-electron chi connectivity index (χ2n) is 7.01. The van der Waals surface area contributed by atoms with Crippen LogP contribution in [0.25, 0.3) is 11.0 Å². The van der Waals surface area contributed by atoms with E-state index in [4.69, 9.17) is 39.1 Å². The lowest BCUT2D eigenvalue weighted by molar-refractivity contribution is 0.227. The minimum absolute atomic E-state index is 0.180. The largest absolute Gasteiger partial charge is 0.486 e. The number of nitrogen functional groups attached to an aromatic ring is 1. The SMILES string of the molecule is Cc1ccc2nc(C(=N)c3cc(OC(C)c4c(Cl)cncc4Cl)ccc3N)[nH]c2c1. The van der Waals surface area contributed by atoms with E-state index in [1.807, 2.05) is 32.0 Å². The molecule has 0 aliphatic carbocycles. The molecular weight excluding hydrogens is 421 g/mol. The van der Waals surface area contributed by atoms with Crippen molar-refractivity contribution in [2.24, 2.45) is 0 Å². The van der Waals surface area contributed by atoms with Crippen molar-refractivity contribution >= 4 is 45.6 Å².